The number of rotatable bonds is 5. The monoisotopic (exact) mass is 215 g/mol. The standard InChI is InChI=1S/C12H25NO2/c1-4-15-9-11(13)12(14-3)7-5-6-10(2)8-12/h10-11H,4-9,13H2,1-3H3. The van der Waals surface area contributed by atoms with Crippen LogP contribution in [0.1, 0.15) is 39.5 Å². The highest BCUT2D eigenvalue weighted by molar-refractivity contribution is 4.95. The van der Waals surface area contributed by atoms with E-state index in [1.807, 2.05) is 6.92 Å². The molecule has 1 fully saturated rings. The normalized spacial score (nSPS) is 34.0. The van der Waals surface area contributed by atoms with Gasteiger partial charge in [0.2, 0.25) is 0 Å². The maximum Gasteiger partial charge on any atom is 0.0853 e. The first-order chi connectivity index (χ1) is 7.14. The molecular formula is C12H25NO2. The van der Waals surface area contributed by atoms with Gasteiger partial charge in [-0.3, -0.25) is 0 Å². The van der Waals surface area contributed by atoms with Gasteiger partial charge in [-0.1, -0.05) is 19.8 Å². The molecule has 0 amide bonds. The first kappa shape index (κ1) is 12.9. The zero-order valence-corrected chi connectivity index (χ0v) is 10.3. The fourth-order valence-corrected chi connectivity index (χ4v) is 2.61. The van der Waals surface area contributed by atoms with Crippen molar-refractivity contribution in [3.8, 4) is 0 Å². The maximum absolute atomic E-state index is 6.19. The van der Waals surface area contributed by atoms with Gasteiger partial charge in [-0.25, -0.2) is 0 Å². The molecule has 1 aliphatic rings. The smallest absolute Gasteiger partial charge is 0.0853 e. The van der Waals surface area contributed by atoms with Crippen LogP contribution in [0.25, 0.3) is 0 Å². The number of hydrogen-bond donors (Lipinski definition) is 1. The third kappa shape index (κ3) is 3.16. The summed E-state index contributed by atoms with van der Waals surface area (Å²) in [7, 11) is 1.78. The molecule has 0 radical (unpaired) electrons. The van der Waals surface area contributed by atoms with E-state index in [4.69, 9.17) is 15.2 Å². The fraction of sp³-hybridized carbons (Fsp3) is 1.00. The van der Waals surface area contributed by atoms with Crippen molar-refractivity contribution in [1.82, 2.24) is 0 Å². The second-order valence-electron chi connectivity index (χ2n) is 4.74. The molecule has 1 rings (SSSR count). The van der Waals surface area contributed by atoms with Crippen molar-refractivity contribution >= 4 is 0 Å². The van der Waals surface area contributed by atoms with Gasteiger partial charge in [0.15, 0.2) is 0 Å². The van der Waals surface area contributed by atoms with E-state index in [1.54, 1.807) is 7.11 Å². The lowest BCUT2D eigenvalue weighted by Crippen LogP contribution is -2.54. The molecule has 0 aliphatic heterocycles. The van der Waals surface area contributed by atoms with Crippen molar-refractivity contribution < 1.29 is 9.47 Å². The van der Waals surface area contributed by atoms with Gasteiger partial charge in [-0.2, -0.15) is 0 Å². The Morgan fingerprint density at radius 3 is 2.80 bits per heavy atom. The first-order valence-electron chi connectivity index (χ1n) is 6.03. The van der Waals surface area contributed by atoms with Crippen molar-refractivity contribution in [2.24, 2.45) is 11.7 Å². The Hall–Kier alpha value is -0.120. The van der Waals surface area contributed by atoms with E-state index < -0.39 is 0 Å². The second kappa shape index (κ2) is 5.83. The van der Waals surface area contributed by atoms with Crippen LogP contribution >= 0.6 is 0 Å². The van der Waals surface area contributed by atoms with E-state index in [0.717, 1.165) is 19.4 Å². The molecule has 0 bridgehead atoms. The molecule has 1 saturated carbocycles. The summed E-state index contributed by atoms with van der Waals surface area (Å²) in [6.45, 7) is 5.61. The van der Waals surface area contributed by atoms with Crippen LogP contribution in [-0.4, -0.2) is 32.0 Å². The van der Waals surface area contributed by atoms with Gasteiger partial charge in [0.05, 0.1) is 18.2 Å². The van der Waals surface area contributed by atoms with Crippen LogP contribution in [0, 0.1) is 5.92 Å². The highest BCUT2D eigenvalue weighted by atomic mass is 16.5. The van der Waals surface area contributed by atoms with E-state index in [2.05, 4.69) is 6.92 Å². The summed E-state index contributed by atoms with van der Waals surface area (Å²) in [5, 5.41) is 0. The topological polar surface area (TPSA) is 44.5 Å². The summed E-state index contributed by atoms with van der Waals surface area (Å²) in [4.78, 5) is 0. The lowest BCUT2D eigenvalue weighted by Gasteiger charge is -2.42. The maximum atomic E-state index is 6.19. The Morgan fingerprint density at radius 2 is 2.27 bits per heavy atom. The Balaban J connectivity index is 2.57. The summed E-state index contributed by atoms with van der Waals surface area (Å²) >= 11 is 0. The van der Waals surface area contributed by atoms with Gasteiger partial charge in [0.25, 0.3) is 0 Å². The Kier molecular flexibility index (Phi) is 5.03. The van der Waals surface area contributed by atoms with Crippen LogP contribution in [0.4, 0.5) is 0 Å². The highest BCUT2D eigenvalue weighted by Gasteiger charge is 2.40. The average molecular weight is 215 g/mol. The molecule has 3 nitrogen and oxygen atoms in total. The molecular weight excluding hydrogens is 190 g/mol. The van der Waals surface area contributed by atoms with Crippen LogP contribution in [0.2, 0.25) is 0 Å². The van der Waals surface area contributed by atoms with E-state index in [9.17, 15) is 0 Å². The SMILES string of the molecule is CCOCC(N)C1(OC)CCCC(C)C1. The molecule has 3 unspecified atom stereocenters. The van der Waals surface area contributed by atoms with Gasteiger partial charge >= 0.3 is 0 Å². The Labute approximate surface area is 93.3 Å². The van der Waals surface area contributed by atoms with E-state index in [1.165, 1.54) is 12.8 Å². The summed E-state index contributed by atoms with van der Waals surface area (Å²) in [6.07, 6.45) is 4.65. The third-order valence-electron chi connectivity index (χ3n) is 3.57. The van der Waals surface area contributed by atoms with Crippen LogP contribution in [-0.2, 0) is 9.47 Å². The minimum Gasteiger partial charge on any atom is -0.380 e. The molecule has 0 aromatic rings. The molecule has 2 N–H and O–H groups in total. The van der Waals surface area contributed by atoms with Crippen molar-refractivity contribution in [1.29, 1.82) is 0 Å². The number of methoxy groups -OCH3 is 1. The van der Waals surface area contributed by atoms with Crippen molar-refractivity contribution in [2.75, 3.05) is 20.3 Å². The minimum atomic E-state index is -0.146. The Morgan fingerprint density at radius 1 is 1.53 bits per heavy atom. The number of nitrogens with two attached hydrogens (primary N) is 1. The van der Waals surface area contributed by atoms with Gasteiger partial charge in [0, 0.05) is 13.7 Å². The molecule has 90 valence electrons. The van der Waals surface area contributed by atoms with Gasteiger partial charge < -0.3 is 15.2 Å². The zero-order valence-electron chi connectivity index (χ0n) is 10.3. The largest absolute Gasteiger partial charge is 0.380 e. The van der Waals surface area contributed by atoms with Gasteiger partial charge in [-0.15, -0.1) is 0 Å². The molecule has 3 atom stereocenters. The first-order valence-corrected chi connectivity index (χ1v) is 6.03. The minimum absolute atomic E-state index is 0.00481. The molecule has 0 heterocycles. The van der Waals surface area contributed by atoms with Crippen LogP contribution in [0.15, 0.2) is 0 Å². The molecule has 0 saturated heterocycles. The lowest BCUT2D eigenvalue weighted by molar-refractivity contribution is -0.0862. The summed E-state index contributed by atoms with van der Waals surface area (Å²) in [5.74, 6) is 0.714. The van der Waals surface area contributed by atoms with E-state index >= 15 is 0 Å². The second-order valence-corrected chi connectivity index (χ2v) is 4.74. The highest BCUT2D eigenvalue weighted by Crippen LogP contribution is 2.36. The predicted octanol–water partition coefficient (Wildman–Crippen LogP) is 1.95. The fourth-order valence-electron chi connectivity index (χ4n) is 2.61. The quantitative estimate of drug-likeness (QED) is 0.762. The molecule has 0 aromatic heterocycles. The molecule has 0 spiro atoms. The number of hydrogen-bond acceptors (Lipinski definition) is 3. The molecule has 15 heavy (non-hydrogen) atoms. The molecule has 0 aromatic carbocycles. The van der Waals surface area contributed by atoms with Crippen LogP contribution in [0.5, 0.6) is 0 Å². The third-order valence-corrected chi connectivity index (χ3v) is 3.57. The van der Waals surface area contributed by atoms with Crippen molar-refractivity contribution in [3.63, 3.8) is 0 Å². The van der Waals surface area contributed by atoms with Gasteiger partial charge in [-0.05, 0) is 25.7 Å². The van der Waals surface area contributed by atoms with E-state index in [-0.39, 0.29) is 11.6 Å². The molecule has 3 heteroatoms. The predicted molar refractivity (Wildman–Crippen MR) is 61.8 cm³/mol. The summed E-state index contributed by atoms with van der Waals surface area (Å²) in [6, 6.07) is 0.00481. The number of ether oxygens (including phenoxy) is 2. The average Bonchev–Trinajstić information content (AvgIpc) is 2.25. The van der Waals surface area contributed by atoms with Crippen molar-refractivity contribution in [2.45, 2.75) is 51.2 Å². The van der Waals surface area contributed by atoms with Gasteiger partial charge in [0.1, 0.15) is 0 Å². The zero-order chi connectivity index (χ0) is 11.3. The van der Waals surface area contributed by atoms with Crippen LogP contribution in [0.3, 0.4) is 0 Å². The molecule has 1 aliphatic carbocycles. The van der Waals surface area contributed by atoms with Crippen molar-refractivity contribution in [3.05, 3.63) is 0 Å². The van der Waals surface area contributed by atoms with E-state index in [0.29, 0.717) is 12.5 Å². The Bertz CT molecular complexity index is 186. The lowest BCUT2D eigenvalue weighted by atomic mass is 9.75. The summed E-state index contributed by atoms with van der Waals surface area (Å²) < 4.78 is 11.1. The van der Waals surface area contributed by atoms with Crippen LogP contribution < -0.4 is 5.73 Å². The summed E-state index contributed by atoms with van der Waals surface area (Å²) in [5.41, 5.74) is 6.05.